The van der Waals surface area contributed by atoms with Gasteiger partial charge in [-0.25, -0.2) is 0 Å². The molecule has 0 saturated carbocycles. The van der Waals surface area contributed by atoms with Crippen LogP contribution in [0.4, 0.5) is 0 Å². The summed E-state index contributed by atoms with van der Waals surface area (Å²) in [6.07, 6.45) is -0.357. The van der Waals surface area contributed by atoms with E-state index in [-0.39, 0.29) is 12.1 Å². The van der Waals surface area contributed by atoms with E-state index >= 15 is 0 Å². The summed E-state index contributed by atoms with van der Waals surface area (Å²) in [5.41, 5.74) is 1.07. The van der Waals surface area contributed by atoms with Crippen molar-refractivity contribution in [3.8, 4) is 0 Å². The molecule has 1 aromatic carbocycles. The van der Waals surface area contributed by atoms with Crippen molar-refractivity contribution in [2.24, 2.45) is 0 Å². The van der Waals surface area contributed by atoms with Crippen molar-refractivity contribution < 1.29 is 5.11 Å². The number of nitrogens with zero attached hydrogens (tertiary/aromatic N) is 1. The minimum absolute atomic E-state index is 0.139. The van der Waals surface area contributed by atoms with Gasteiger partial charge in [0.25, 0.3) is 0 Å². The molecule has 2 atom stereocenters. The summed E-state index contributed by atoms with van der Waals surface area (Å²) < 4.78 is 0. The summed E-state index contributed by atoms with van der Waals surface area (Å²) in [6.45, 7) is 9.48. The van der Waals surface area contributed by atoms with Gasteiger partial charge in [0.15, 0.2) is 0 Å². The molecule has 0 aliphatic heterocycles. The van der Waals surface area contributed by atoms with E-state index in [1.54, 1.807) is 0 Å². The highest BCUT2D eigenvalue weighted by Gasteiger charge is 2.12. The van der Waals surface area contributed by atoms with Gasteiger partial charge in [0.2, 0.25) is 0 Å². The Morgan fingerprint density at radius 1 is 1.26 bits per heavy atom. The summed E-state index contributed by atoms with van der Waals surface area (Å²) in [5.74, 6) is 0. The topological polar surface area (TPSA) is 35.5 Å². The zero-order valence-electron chi connectivity index (χ0n) is 12.1. The zero-order chi connectivity index (χ0) is 14.3. The van der Waals surface area contributed by atoms with E-state index in [4.69, 9.17) is 11.6 Å². The molecule has 0 amide bonds. The summed E-state index contributed by atoms with van der Waals surface area (Å²) in [4.78, 5) is 2.21. The van der Waals surface area contributed by atoms with Gasteiger partial charge >= 0.3 is 0 Å². The summed E-state index contributed by atoms with van der Waals surface area (Å²) >= 11 is 6.15. The van der Waals surface area contributed by atoms with Gasteiger partial charge in [0, 0.05) is 24.2 Å². The molecule has 0 aromatic heterocycles. The predicted molar refractivity (Wildman–Crippen MR) is 81.7 cm³/mol. The molecule has 2 N–H and O–H groups in total. The van der Waals surface area contributed by atoms with Crippen LogP contribution in [0.5, 0.6) is 0 Å². The maximum Gasteiger partial charge on any atom is 0.0791 e. The zero-order valence-corrected chi connectivity index (χ0v) is 12.8. The fourth-order valence-corrected chi connectivity index (χ4v) is 2.39. The van der Waals surface area contributed by atoms with Gasteiger partial charge in [0.1, 0.15) is 0 Å². The second-order valence-electron chi connectivity index (χ2n) is 4.79. The first-order chi connectivity index (χ1) is 9.08. The number of rotatable bonds is 8. The van der Waals surface area contributed by atoms with E-state index in [1.807, 2.05) is 24.3 Å². The van der Waals surface area contributed by atoms with Gasteiger partial charge in [-0.3, -0.25) is 0 Å². The number of aliphatic hydroxyl groups is 1. The quantitative estimate of drug-likeness (QED) is 0.770. The Morgan fingerprint density at radius 2 is 1.89 bits per heavy atom. The van der Waals surface area contributed by atoms with Crippen LogP contribution in [-0.4, -0.2) is 42.3 Å². The van der Waals surface area contributed by atoms with Crippen molar-refractivity contribution in [2.75, 3.05) is 26.2 Å². The maximum absolute atomic E-state index is 10.0. The summed E-state index contributed by atoms with van der Waals surface area (Å²) in [5, 5.41) is 14.1. The standard InChI is InChI=1S/C15H25ClN2O/c1-4-18(5-2)11-13(19)10-17-12(3)14-8-6-7-9-15(14)16/h6-9,12-13,17,19H,4-5,10-11H2,1-3H3/t12-,13?/m0/s1. The third kappa shape index (κ3) is 5.49. The van der Waals surface area contributed by atoms with Gasteiger partial charge in [-0.15, -0.1) is 0 Å². The molecule has 1 aromatic rings. The van der Waals surface area contributed by atoms with E-state index in [0.717, 1.165) is 23.7 Å². The Morgan fingerprint density at radius 3 is 2.47 bits per heavy atom. The second kappa shape index (κ2) is 8.54. The average molecular weight is 285 g/mol. The van der Waals surface area contributed by atoms with Crippen molar-refractivity contribution in [3.63, 3.8) is 0 Å². The maximum atomic E-state index is 10.0. The lowest BCUT2D eigenvalue weighted by molar-refractivity contribution is 0.114. The molecule has 1 unspecified atom stereocenters. The minimum Gasteiger partial charge on any atom is -0.390 e. The Labute approximate surface area is 121 Å². The number of hydrogen-bond donors (Lipinski definition) is 2. The minimum atomic E-state index is -0.357. The van der Waals surface area contributed by atoms with Crippen LogP contribution in [0.3, 0.4) is 0 Å². The lowest BCUT2D eigenvalue weighted by Gasteiger charge is -2.23. The number of halogens is 1. The highest BCUT2D eigenvalue weighted by molar-refractivity contribution is 6.31. The fourth-order valence-electron chi connectivity index (χ4n) is 2.09. The molecule has 3 nitrogen and oxygen atoms in total. The Balaban J connectivity index is 2.42. The number of nitrogens with one attached hydrogen (secondary N) is 1. The van der Waals surface area contributed by atoms with Crippen molar-refractivity contribution in [1.82, 2.24) is 10.2 Å². The Hall–Kier alpha value is -0.610. The number of benzene rings is 1. The van der Waals surface area contributed by atoms with Gasteiger partial charge in [0.05, 0.1) is 6.10 Å². The first-order valence-electron chi connectivity index (χ1n) is 6.96. The van der Waals surface area contributed by atoms with Crippen molar-refractivity contribution in [1.29, 1.82) is 0 Å². The summed E-state index contributed by atoms with van der Waals surface area (Å²) in [7, 11) is 0. The molecule has 1 rings (SSSR count). The third-order valence-electron chi connectivity index (χ3n) is 3.39. The van der Waals surface area contributed by atoms with Gasteiger partial charge in [-0.2, -0.15) is 0 Å². The predicted octanol–water partition coefficient (Wildman–Crippen LogP) is 2.69. The molecule has 0 saturated heterocycles. The monoisotopic (exact) mass is 284 g/mol. The van der Waals surface area contributed by atoms with Gasteiger partial charge in [-0.1, -0.05) is 43.6 Å². The lowest BCUT2D eigenvalue weighted by Crippen LogP contribution is -2.38. The first kappa shape index (κ1) is 16.4. The average Bonchev–Trinajstić information content (AvgIpc) is 2.42. The van der Waals surface area contributed by atoms with E-state index in [0.29, 0.717) is 13.1 Å². The fraction of sp³-hybridized carbons (Fsp3) is 0.600. The van der Waals surface area contributed by atoms with E-state index < -0.39 is 0 Å². The highest BCUT2D eigenvalue weighted by Crippen LogP contribution is 2.21. The molecular weight excluding hydrogens is 260 g/mol. The Kier molecular flexibility index (Phi) is 7.39. The molecule has 0 aliphatic rings. The van der Waals surface area contributed by atoms with E-state index in [2.05, 4.69) is 31.0 Å². The number of aliphatic hydroxyl groups excluding tert-OH is 1. The largest absolute Gasteiger partial charge is 0.390 e. The molecule has 108 valence electrons. The normalized spacial score (nSPS) is 14.6. The smallest absolute Gasteiger partial charge is 0.0791 e. The van der Waals surface area contributed by atoms with Crippen LogP contribution < -0.4 is 5.32 Å². The van der Waals surface area contributed by atoms with Crippen molar-refractivity contribution in [3.05, 3.63) is 34.9 Å². The van der Waals surface area contributed by atoms with Crippen molar-refractivity contribution in [2.45, 2.75) is 32.9 Å². The highest BCUT2D eigenvalue weighted by atomic mass is 35.5. The van der Waals surface area contributed by atoms with Crippen molar-refractivity contribution >= 4 is 11.6 Å². The molecule has 4 heteroatoms. The number of likely N-dealkylation sites (N-methyl/N-ethyl adjacent to an activating group) is 1. The van der Waals surface area contributed by atoms with Crippen LogP contribution in [0.2, 0.25) is 5.02 Å². The van der Waals surface area contributed by atoms with E-state index in [1.165, 1.54) is 0 Å². The lowest BCUT2D eigenvalue weighted by atomic mass is 10.1. The Bertz CT molecular complexity index is 369. The first-order valence-corrected chi connectivity index (χ1v) is 7.34. The molecule has 0 radical (unpaired) electrons. The van der Waals surface area contributed by atoms with Crippen LogP contribution in [0.1, 0.15) is 32.4 Å². The van der Waals surface area contributed by atoms with Gasteiger partial charge in [-0.05, 0) is 31.6 Å². The second-order valence-corrected chi connectivity index (χ2v) is 5.20. The van der Waals surface area contributed by atoms with Gasteiger partial charge < -0.3 is 15.3 Å². The number of hydrogen-bond acceptors (Lipinski definition) is 3. The van der Waals surface area contributed by atoms with Crippen LogP contribution in [0.15, 0.2) is 24.3 Å². The van der Waals surface area contributed by atoms with Crippen LogP contribution in [-0.2, 0) is 0 Å². The SMILES string of the molecule is CCN(CC)CC(O)CN[C@@H](C)c1ccccc1Cl. The molecule has 0 bridgehead atoms. The molecule has 19 heavy (non-hydrogen) atoms. The molecular formula is C15H25ClN2O. The van der Waals surface area contributed by atoms with E-state index in [9.17, 15) is 5.11 Å². The molecule has 0 heterocycles. The molecule has 0 aliphatic carbocycles. The molecule has 0 fully saturated rings. The van der Waals surface area contributed by atoms with Crippen LogP contribution in [0.25, 0.3) is 0 Å². The van der Waals surface area contributed by atoms with Crippen LogP contribution >= 0.6 is 11.6 Å². The molecule has 0 spiro atoms. The summed E-state index contributed by atoms with van der Waals surface area (Å²) in [6, 6.07) is 7.94. The van der Waals surface area contributed by atoms with Crippen LogP contribution in [0, 0.1) is 0 Å². The third-order valence-corrected chi connectivity index (χ3v) is 3.74.